The first kappa shape index (κ1) is 22.2. The third kappa shape index (κ3) is 3.42. The summed E-state index contributed by atoms with van der Waals surface area (Å²) in [5.74, 6) is 0.925. The summed E-state index contributed by atoms with van der Waals surface area (Å²) in [5.41, 5.74) is 9.11. The number of furan rings is 1. The van der Waals surface area contributed by atoms with E-state index < -0.39 is 0 Å². The Hall–Kier alpha value is -4.82. The van der Waals surface area contributed by atoms with Gasteiger partial charge in [0.2, 0.25) is 0 Å². The van der Waals surface area contributed by atoms with Crippen LogP contribution in [0.1, 0.15) is 18.4 Å². The second-order valence-electron chi connectivity index (χ2n) is 10.6. The average Bonchev–Trinajstić information content (AvgIpc) is 3.53. The van der Waals surface area contributed by atoms with Crippen molar-refractivity contribution >= 4 is 43.7 Å². The second kappa shape index (κ2) is 8.61. The standard InChI is InChI=1S/C37H27NO/c1-24-9-2-3-10-28(24)25-17-20-27(21-18-25)38-34-15-6-4-11-30(34)33-23-26(19-22-35(33)38)29-13-8-14-32-31-12-5-7-16-36(31)39-37(29)32/h2-24,28H,1H3. The van der Waals surface area contributed by atoms with Crippen LogP contribution < -0.4 is 0 Å². The van der Waals surface area contributed by atoms with Gasteiger partial charge in [-0.2, -0.15) is 0 Å². The van der Waals surface area contributed by atoms with Gasteiger partial charge in [-0.25, -0.2) is 0 Å². The van der Waals surface area contributed by atoms with Gasteiger partial charge < -0.3 is 8.98 Å². The van der Waals surface area contributed by atoms with Gasteiger partial charge in [0.25, 0.3) is 0 Å². The zero-order valence-electron chi connectivity index (χ0n) is 21.7. The van der Waals surface area contributed by atoms with E-state index in [0.29, 0.717) is 11.8 Å². The molecule has 0 spiro atoms. The third-order valence-corrected chi connectivity index (χ3v) is 8.33. The number of aromatic nitrogens is 1. The molecule has 2 heterocycles. The molecule has 39 heavy (non-hydrogen) atoms. The number of fused-ring (bicyclic) bond motifs is 6. The van der Waals surface area contributed by atoms with Gasteiger partial charge in [-0.05, 0) is 53.4 Å². The monoisotopic (exact) mass is 501 g/mol. The van der Waals surface area contributed by atoms with Crippen LogP contribution in [0.2, 0.25) is 0 Å². The predicted octanol–water partition coefficient (Wildman–Crippen LogP) is 10.2. The number of nitrogens with zero attached hydrogens (tertiary/aromatic N) is 1. The molecule has 7 aromatic rings. The van der Waals surface area contributed by atoms with Crippen molar-refractivity contribution in [2.45, 2.75) is 12.8 Å². The van der Waals surface area contributed by atoms with Crippen LogP contribution in [0.25, 0.3) is 60.6 Å². The van der Waals surface area contributed by atoms with Crippen molar-refractivity contribution in [2.24, 2.45) is 5.92 Å². The number of hydrogen-bond donors (Lipinski definition) is 0. The normalized spacial score (nSPS) is 17.2. The van der Waals surface area contributed by atoms with Crippen LogP contribution in [0.5, 0.6) is 0 Å². The first-order valence-corrected chi connectivity index (χ1v) is 13.7. The van der Waals surface area contributed by atoms with Crippen molar-refractivity contribution in [3.8, 4) is 16.8 Å². The lowest BCUT2D eigenvalue weighted by molar-refractivity contribution is 0.635. The van der Waals surface area contributed by atoms with Gasteiger partial charge in [-0.3, -0.25) is 0 Å². The van der Waals surface area contributed by atoms with Crippen LogP contribution >= 0.6 is 0 Å². The number of benzene rings is 5. The first-order chi connectivity index (χ1) is 19.3. The zero-order chi connectivity index (χ0) is 25.9. The summed E-state index contributed by atoms with van der Waals surface area (Å²) in [6.45, 7) is 2.29. The number of rotatable bonds is 3. The smallest absolute Gasteiger partial charge is 0.143 e. The summed E-state index contributed by atoms with van der Waals surface area (Å²) < 4.78 is 8.76. The highest BCUT2D eigenvalue weighted by molar-refractivity contribution is 6.13. The first-order valence-electron chi connectivity index (χ1n) is 13.7. The molecule has 2 atom stereocenters. The molecule has 5 aromatic carbocycles. The lowest BCUT2D eigenvalue weighted by Crippen LogP contribution is -2.07. The van der Waals surface area contributed by atoms with E-state index >= 15 is 0 Å². The van der Waals surface area contributed by atoms with E-state index in [9.17, 15) is 0 Å². The number of para-hydroxylation sites is 3. The maximum atomic E-state index is 6.37. The largest absolute Gasteiger partial charge is 0.455 e. The zero-order valence-corrected chi connectivity index (χ0v) is 21.7. The molecule has 0 bridgehead atoms. The Morgan fingerprint density at radius 3 is 2.23 bits per heavy atom. The van der Waals surface area contributed by atoms with E-state index in [-0.39, 0.29) is 0 Å². The summed E-state index contributed by atoms with van der Waals surface area (Å²) in [4.78, 5) is 0. The van der Waals surface area contributed by atoms with Crippen LogP contribution in [0.15, 0.2) is 138 Å². The maximum Gasteiger partial charge on any atom is 0.143 e. The van der Waals surface area contributed by atoms with Crippen LogP contribution in [0.4, 0.5) is 0 Å². The average molecular weight is 502 g/mol. The quantitative estimate of drug-likeness (QED) is 0.235. The molecule has 0 radical (unpaired) electrons. The molecule has 2 unspecified atom stereocenters. The summed E-state index contributed by atoms with van der Waals surface area (Å²) in [7, 11) is 0. The van der Waals surface area contributed by atoms with Crippen molar-refractivity contribution in [3.63, 3.8) is 0 Å². The van der Waals surface area contributed by atoms with Gasteiger partial charge >= 0.3 is 0 Å². The Labute approximate surface area is 227 Å². The number of allylic oxidation sites excluding steroid dienone is 4. The van der Waals surface area contributed by atoms with Crippen LogP contribution in [-0.2, 0) is 0 Å². The molecular formula is C37H27NO. The van der Waals surface area contributed by atoms with Gasteiger partial charge in [0.15, 0.2) is 0 Å². The molecule has 0 amide bonds. The molecule has 0 N–H and O–H groups in total. The van der Waals surface area contributed by atoms with Crippen LogP contribution in [0.3, 0.4) is 0 Å². The van der Waals surface area contributed by atoms with E-state index in [1.54, 1.807) is 0 Å². The molecule has 186 valence electrons. The summed E-state index contributed by atoms with van der Waals surface area (Å²) in [5, 5.41) is 4.81. The third-order valence-electron chi connectivity index (χ3n) is 8.33. The SMILES string of the molecule is CC1C=CC=CC1c1ccc(-n2c3ccccc3c3cc(-c4cccc5c4oc4ccccc45)ccc32)cc1. The summed E-state index contributed by atoms with van der Waals surface area (Å²) >= 11 is 0. The van der Waals surface area contributed by atoms with Crippen LogP contribution in [0, 0.1) is 5.92 Å². The minimum atomic E-state index is 0.422. The molecule has 1 aliphatic carbocycles. The second-order valence-corrected chi connectivity index (χ2v) is 10.6. The maximum absolute atomic E-state index is 6.37. The van der Waals surface area contributed by atoms with Gasteiger partial charge in [0.1, 0.15) is 11.2 Å². The Kier molecular flexibility index (Phi) is 4.90. The van der Waals surface area contributed by atoms with E-state index in [1.807, 2.05) is 12.1 Å². The topological polar surface area (TPSA) is 18.1 Å². The molecule has 2 nitrogen and oxygen atoms in total. The highest BCUT2D eigenvalue weighted by atomic mass is 16.3. The number of hydrogen-bond acceptors (Lipinski definition) is 1. The fourth-order valence-corrected chi connectivity index (χ4v) is 6.37. The highest BCUT2D eigenvalue weighted by Gasteiger charge is 2.18. The van der Waals surface area contributed by atoms with Gasteiger partial charge in [0, 0.05) is 38.7 Å². The van der Waals surface area contributed by atoms with E-state index in [4.69, 9.17) is 4.42 Å². The highest BCUT2D eigenvalue weighted by Crippen LogP contribution is 2.39. The van der Waals surface area contributed by atoms with Crippen molar-refractivity contribution in [1.29, 1.82) is 0 Å². The summed E-state index contributed by atoms with van der Waals surface area (Å²) in [6.07, 6.45) is 8.91. The van der Waals surface area contributed by atoms with Crippen molar-refractivity contribution in [1.82, 2.24) is 4.57 Å². The van der Waals surface area contributed by atoms with Crippen LogP contribution in [-0.4, -0.2) is 4.57 Å². The lowest BCUT2D eigenvalue weighted by Gasteiger charge is -2.21. The Morgan fingerprint density at radius 1 is 0.615 bits per heavy atom. The predicted molar refractivity (Wildman–Crippen MR) is 164 cm³/mol. The molecule has 0 aliphatic heterocycles. The molecule has 0 fully saturated rings. The van der Waals surface area contributed by atoms with Gasteiger partial charge in [0.05, 0.1) is 11.0 Å². The molecule has 8 rings (SSSR count). The van der Waals surface area contributed by atoms with E-state index in [0.717, 1.165) is 33.1 Å². The molecule has 1 aliphatic rings. The molecule has 0 saturated heterocycles. The lowest BCUT2D eigenvalue weighted by atomic mass is 9.84. The molecule has 0 saturated carbocycles. The molecule has 2 heteroatoms. The van der Waals surface area contributed by atoms with Crippen molar-refractivity contribution < 1.29 is 4.42 Å². The molecular weight excluding hydrogens is 474 g/mol. The fraction of sp³-hybridized carbons (Fsp3) is 0.0811. The van der Waals surface area contributed by atoms with Crippen molar-refractivity contribution in [3.05, 3.63) is 139 Å². The van der Waals surface area contributed by atoms with Gasteiger partial charge in [-0.1, -0.05) is 104 Å². The Bertz CT molecular complexity index is 2080. The minimum Gasteiger partial charge on any atom is -0.455 e. The van der Waals surface area contributed by atoms with Crippen molar-refractivity contribution in [2.75, 3.05) is 0 Å². The van der Waals surface area contributed by atoms with E-state index in [1.165, 1.54) is 33.1 Å². The Balaban J connectivity index is 1.29. The Morgan fingerprint density at radius 2 is 1.36 bits per heavy atom. The molecule has 2 aromatic heterocycles. The fourth-order valence-electron chi connectivity index (χ4n) is 6.37. The van der Waals surface area contributed by atoms with E-state index in [2.05, 4.69) is 133 Å². The summed E-state index contributed by atoms with van der Waals surface area (Å²) in [6, 6.07) is 39.4. The van der Waals surface area contributed by atoms with Gasteiger partial charge in [-0.15, -0.1) is 0 Å². The minimum absolute atomic E-state index is 0.422.